The summed E-state index contributed by atoms with van der Waals surface area (Å²) in [5.74, 6) is -0.848. The third kappa shape index (κ3) is 4.00. The van der Waals surface area contributed by atoms with Crippen LogP contribution in [-0.2, 0) is 14.3 Å². The summed E-state index contributed by atoms with van der Waals surface area (Å²) in [5, 5.41) is 3.08. The summed E-state index contributed by atoms with van der Waals surface area (Å²) in [7, 11) is 0. The van der Waals surface area contributed by atoms with Crippen molar-refractivity contribution in [3.05, 3.63) is 29.6 Å². The van der Waals surface area contributed by atoms with Gasteiger partial charge in [-0.15, -0.1) is 0 Å². The van der Waals surface area contributed by atoms with E-state index >= 15 is 0 Å². The Bertz CT molecular complexity index is 669. The number of nitrogens with one attached hydrogen (secondary N) is 1. The zero-order valence-electron chi connectivity index (χ0n) is 14.9. The number of aryl methyl sites for hydroxylation is 1. The van der Waals surface area contributed by atoms with Crippen molar-refractivity contribution in [1.29, 1.82) is 0 Å². The molecule has 2 aliphatic rings. The first kappa shape index (κ1) is 17.9. The number of hydrogen-bond acceptors (Lipinski definition) is 3. The number of amides is 2. The Morgan fingerprint density at radius 2 is 1.96 bits per heavy atom. The highest BCUT2D eigenvalue weighted by Crippen LogP contribution is 2.27. The van der Waals surface area contributed by atoms with E-state index in [4.69, 9.17) is 4.74 Å². The van der Waals surface area contributed by atoms with Gasteiger partial charge in [-0.05, 0) is 57.4 Å². The first-order chi connectivity index (χ1) is 11.8. The normalized spacial score (nSPS) is 29.8. The molecule has 0 spiro atoms. The molecular formula is C19H25FN2O3. The molecule has 0 saturated carbocycles. The van der Waals surface area contributed by atoms with E-state index in [0.29, 0.717) is 17.8 Å². The van der Waals surface area contributed by atoms with Crippen molar-refractivity contribution in [2.45, 2.75) is 58.3 Å². The minimum Gasteiger partial charge on any atom is -0.375 e. The summed E-state index contributed by atoms with van der Waals surface area (Å²) >= 11 is 0. The summed E-state index contributed by atoms with van der Waals surface area (Å²) < 4.78 is 19.1. The van der Waals surface area contributed by atoms with Crippen molar-refractivity contribution in [2.75, 3.05) is 11.4 Å². The summed E-state index contributed by atoms with van der Waals surface area (Å²) in [5.41, 5.74) is 1.14. The van der Waals surface area contributed by atoms with Crippen molar-refractivity contribution in [1.82, 2.24) is 5.32 Å². The van der Waals surface area contributed by atoms with Crippen molar-refractivity contribution in [2.24, 2.45) is 5.92 Å². The second kappa shape index (κ2) is 7.12. The molecule has 0 aliphatic carbocycles. The fraction of sp³-hybridized carbons (Fsp3) is 0.579. The molecule has 25 heavy (non-hydrogen) atoms. The molecule has 1 aromatic carbocycles. The van der Waals surface area contributed by atoms with E-state index in [1.54, 1.807) is 24.0 Å². The Hall–Kier alpha value is -1.95. The lowest BCUT2D eigenvalue weighted by Gasteiger charge is -2.33. The average molecular weight is 348 g/mol. The van der Waals surface area contributed by atoms with E-state index in [1.807, 2.05) is 13.8 Å². The van der Waals surface area contributed by atoms with Crippen LogP contribution in [0.4, 0.5) is 10.1 Å². The molecule has 5 nitrogen and oxygen atoms in total. The number of carbonyl (C=O) groups excluding carboxylic acids is 2. The molecule has 3 atom stereocenters. The summed E-state index contributed by atoms with van der Waals surface area (Å²) in [6.45, 7) is 6.01. The Morgan fingerprint density at radius 1 is 1.28 bits per heavy atom. The highest BCUT2D eigenvalue weighted by atomic mass is 19.1. The van der Waals surface area contributed by atoms with Gasteiger partial charge in [0.1, 0.15) is 5.82 Å². The van der Waals surface area contributed by atoms with Crippen molar-refractivity contribution < 1.29 is 18.7 Å². The Morgan fingerprint density at radius 3 is 2.60 bits per heavy atom. The first-order valence-corrected chi connectivity index (χ1v) is 8.86. The maximum absolute atomic E-state index is 13.4. The molecule has 0 radical (unpaired) electrons. The molecule has 2 aliphatic heterocycles. The van der Waals surface area contributed by atoms with Gasteiger partial charge in [0, 0.05) is 24.7 Å². The van der Waals surface area contributed by atoms with Crippen LogP contribution in [0.2, 0.25) is 0 Å². The van der Waals surface area contributed by atoms with Gasteiger partial charge in [-0.1, -0.05) is 0 Å². The van der Waals surface area contributed by atoms with E-state index in [9.17, 15) is 14.0 Å². The fourth-order valence-corrected chi connectivity index (χ4v) is 3.77. The molecule has 1 N–H and O–H groups in total. The lowest BCUT2D eigenvalue weighted by Crippen LogP contribution is -2.46. The van der Waals surface area contributed by atoms with Crippen LogP contribution < -0.4 is 10.2 Å². The van der Waals surface area contributed by atoms with Crippen LogP contribution in [0.5, 0.6) is 0 Å². The number of anilines is 1. The maximum atomic E-state index is 13.4. The standard InChI is InChI=1S/C19H25FN2O3/c1-11-6-16(4-5-17(11)20)22-10-14(9-18(22)23)19(24)21-15-7-12(2)25-13(3)8-15/h4-6,12-15H,7-10H2,1-3H3,(H,21,24)/t12-,13-,14+/m0/s1. The highest BCUT2D eigenvalue weighted by Gasteiger charge is 2.36. The SMILES string of the molecule is Cc1cc(N2C[C@H](C(=O)NC3C[C@H](C)O[C@@H](C)C3)CC2=O)ccc1F. The zero-order chi connectivity index (χ0) is 18.1. The van der Waals surface area contributed by atoms with Gasteiger partial charge in [-0.2, -0.15) is 0 Å². The second-order valence-electron chi connectivity index (χ2n) is 7.27. The number of halogens is 1. The maximum Gasteiger partial charge on any atom is 0.227 e. The quantitative estimate of drug-likeness (QED) is 0.913. The van der Waals surface area contributed by atoms with Crippen molar-refractivity contribution >= 4 is 17.5 Å². The van der Waals surface area contributed by atoms with E-state index in [2.05, 4.69) is 5.32 Å². The van der Waals surface area contributed by atoms with Gasteiger partial charge in [-0.3, -0.25) is 9.59 Å². The van der Waals surface area contributed by atoms with Crippen molar-refractivity contribution in [3.8, 4) is 0 Å². The molecule has 2 amide bonds. The molecule has 0 bridgehead atoms. The first-order valence-electron chi connectivity index (χ1n) is 8.86. The number of ether oxygens (including phenoxy) is 1. The average Bonchev–Trinajstić information content (AvgIpc) is 2.91. The Balaban J connectivity index is 1.63. The lowest BCUT2D eigenvalue weighted by molar-refractivity contribution is -0.128. The van der Waals surface area contributed by atoms with Gasteiger partial charge in [0.05, 0.1) is 18.1 Å². The molecule has 2 fully saturated rings. The number of hydrogen-bond donors (Lipinski definition) is 1. The van der Waals surface area contributed by atoms with E-state index in [0.717, 1.165) is 12.8 Å². The van der Waals surface area contributed by atoms with Crippen LogP contribution in [0.25, 0.3) is 0 Å². The van der Waals surface area contributed by atoms with Gasteiger partial charge >= 0.3 is 0 Å². The van der Waals surface area contributed by atoms with Crippen LogP contribution in [0.3, 0.4) is 0 Å². The molecule has 0 aromatic heterocycles. The number of carbonyl (C=O) groups is 2. The van der Waals surface area contributed by atoms with Gasteiger partial charge in [0.25, 0.3) is 0 Å². The third-order valence-corrected chi connectivity index (χ3v) is 4.99. The lowest BCUT2D eigenvalue weighted by atomic mass is 9.98. The molecule has 3 rings (SSSR count). The number of benzene rings is 1. The second-order valence-corrected chi connectivity index (χ2v) is 7.27. The molecule has 2 heterocycles. The fourth-order valence-electron chi connectivity index (χ4n) is 3.77. The molecule has 2 saturated heterocycles. The molecule has 0 unspecified atom stereocenters. The highest BCUT2D eigenvalue weighted by molar-refractivity contribution is 6.00. The topological polar surface area (TPSA) is 58.6 Å². The minimum atomic E-state index is -0.369. The molecular weight excluding hydrogens is 323 g/mol. The summed E-state index contributed by atoms with van der Waals surface area (Å²) in [4.78, 5) is 26.5. The largest absolute Gasteiger partial charge is 0.375 e. The van der Waals surface area contributed by atoms with Crippen LogP contribution in [0.15, 0.2) is 18.2 Å². The van der Waals surface area contributed by atoms with Crippen LogP contribution in [-0.4, -0.2) is 36.6 Å². The monoisotopic (exact) mass is 348 g/mol. The van der Waals surface area contributed by atoms with Gasteiger partial charge in [0.15, 0.2) is 0 Å². The third-order valence-electron chi connectivity index (χ3n) is 4.99. The van der Waals surface area contributed by atoms with E-state index < -0.39 is 0 Å². The van der Waals surface area contributed by atoms with E-state index in [1.165, 1.54) is 6.07 Å². The zero-order valence-corrected chi connectivity index (χ0v) is 14.9. The van der Waals surface area contributed by atoms with E-state index in [-0.39, 0.29) is 48.2 Å². The summed E-state index contributed by atoms with van der Waals surface area (Å²) in [6, 6.07) is 4.68. The number of nitrogens with zero attached hydrogens (tertiary/aromatic N) is 1. The number of rotatable bonds is 3. The molecule has 6 heteroatoms. The van der Waals surface area contributed by atoms with Gasteiger partial charge in [-0.25, -0.2) is 4.39 Å². The van der Waals surface area contributed by atoms with Gasteiger partial charge in [0.2, 0.25) is 11.8 Å². The van der Waals surface area contributed by atoms with Crippen molar-refractivity contribution in [3.63, 3.8) is 0 Å². The molecule has 1 aromatic rings. The smallest absolute Gasteiger partial charge is 0.227 e. The minimum absolute atomic E-state index is 0.0824. The molecule has 136 valence electrons. The van der Waals surface area contributed by atoms with Crippen LogP contribution >= 0.6 is 0 Å². The van der Waals surface area contributed by atoms with Crippen LogP contribution in [0, 0.1) is 18.7 Å². The Labute approximate surface area is 147 Å². The van der Waals surface area contributed by atoms with Crippen LogP contribution in [0.1, 0.15) is 38.7 Å². The van der Waals surface area contributed by atoms with Gasteiger partial charge < -0.3 is 15.0 Å². The predicted molar refractivity (Wildman–Crippen MR) is 92.8 cm³/mol. The Kier molecular flexibility index (Phi) is 5.08. The predicted octanol–water partition coefficient (Wildman–Crippen LogP) is 2.56. The summed E-state index contributed by atoms with van der Waals surface area (Å²) in [6.07, 6.45) is 2.02.